The Morgan fingerprint density at radius 3 is 2.53 bits per heavy atom. The van der Waals surface area contributed by atoms with Gasteiger partial charge in [-0.15, -0.1) is 0 Å². The average Bonchev–Trinajstić information content (AvgIpc) is 3.08. The SMILES string of the molecule is CN(C)c1ccc(C(F)(F)F)cc1NC(=O)CCN1C(=O)c2ccccc2N2C(=O)CCC12C. The molecule has 2 aliphatic heterocycles. The molecule has 0 spiro atoms. The van der Waals surface area contributed by atoms with Gasteiger partial charge in [0.1, 0.15) is 5.66 Å². The van der Waals surface area contributed by atoms with Crippen LogP contribution < -0.4 is 15.1 Å². The predicted octanol–water partition coefficient (Wildman–Crippen LogP) is 4.10. The third-order valence-electron chi connectivity index (χ3n) is 6.39. The number of alkyl halides is 3. The Morgan fingerprint density at radius 2 is 1.85 bits per heavy atom. The van der Waals surface area contributed by atoms with Crippen molar-refractivity contribution < 1.29 is 27.6 Å². The lowest BCUT2D eigenvalue weighted by atomic mass is 9.98. The van der Waals surface area contributed by atoms with Gasteiger partial charge >= 0.3 is 6.18 Å². The van der Waals surface area contributed by atoms with Gasteiger partial charge in [0.2, 0.25) is 11.8 Å². The lowest BCUT2D eigenvalue weighted by molar-refractivity contribution is -0.137. The Balaban J connectivity index is 1.56. The van der Waals surface area contributed by atoms with Crippen LogP contribution in [-0.4, -0.2) is 48.9 Å². The van der Waals surface area contributed by atoms with Crippen molar-refractivity contribution in [2.24, 2.45) is 0 Å². The number of rotatable bonds is 5. The molecule has 0 aromatic heterocycles. The number of hydrogen-bond acceptors (Lipinski definition) is 4. The van der Waals surface area contributed by atoms with Gasteiger partial charge in [-0.25, -0.2) is 0 Å². The smallest absolute Gasteiger partial charge is 0.376 e. The zero-order valence-electron chi connectivity index (χ0n) is 19.1. The summed E-state index contributed by atoms with van der Waals surface area (Å²) in [5.41, 5.74) is -0.397. The van der Waals surface area contributed by atoms with Crippen molar-refractivity contribution in [1.29, 1.82) is 0 Å². The molecule has 4 rings (SSSR count). The molecule has 10 heteroatoms. The molecule has 0 radical (unpaired) electrons. The molecule has 1 saturated heterocycles. The lowest BCUT2D eigenvalue weighted by Crippen LogP contribution is -2.62. The number of hydrogen-bond donors (Lipinski definition) is 1. The molecule has 1 N–H and O–H groups in total. The molecule has 1 atom stereocenters. The molecule has 0 saturated carbocycles. The van der Waals surface area contributed by atoms with E-state index in [9.17, 15) is 27.6 Å². The first kappa shape index (κ1) is 23.6. The van der Waals surface area contributed by atoms with Crippen LogP contribution in [0.4, 0.5) is 30.2 Å². The van der Waals surface area contributed by atoms with Crippen LogP contribution in [0.3, 0.4) is 0 Å². The van der Waals surface area contributed by atoms with Crippen molar-refractivity contribution in [2.75, 3.05) is 35.8 Å². The summed E-state index contributed by atoms with van der Waals surface area (Å²) in [5.74, 6) is -0.921. The van der Waals surface area contributed by atoms with Crippen LogP contribution in [0.15, 0.2) is 42.5 Å². The number of nitrogens with zero attached hydrogens (tertiary/aromatic N) is 3. The molecular formula is C24H25F3N4O3. The summed E-state index contributed by atoms with van der Waals surface area (Å²) >= 11 is 0. The highest BCUT2D eigenvalue weighted by atomic mass is 19.4. The second kappa shape index (κ2) is 8.34. The van der Waals surface area contributed by atoms with E-state index < -0.39 is 23.3 Å². The third kappa shape index (κ3) is 3.97. The van der Waals surface area contributed by atoms with E-state index in [-0.39, 0.29) is 36.9 Å². The molecule has 2 aliphatic rings. The zero-order valence-corrected chi connectivity index (χ0v) is 19.1. The fourth-order valence-electron chi connectivity index (χ4n) is 4.67. The number of para-hydroxylation sites is 1. The summed E-state index contributed by atoms with van der Waals surface area (Å²) < 4.78 is 39.6. The van der Waals surface area contributed by atoms with E-state index in [2.05, 4.69) is 5.32 Å². The normalized spacial score (nSPS) is 19.7. The van der Waals surface area contributed by atoms with Gasteiger partial charge in [-0.3, -0.25) is 19.3 Å². The van der Waals surface area contributed by atoms with Crippen LogP contribution in [-0.2, 0) is 15.8 Å². The molecule has 34 heavy (non-hydrogen) atoms. The van der Waals surface area contributed by atoms with E-state index in [0.717, 1.165) is 12.1 Å². The Hall–Kier alpha value is -3.56. The highest BCUT2D eigenvalue weighted by Crippen LogP contribution is 2.44. The standard InChI is InChI=1S/C24H25F3N4O3/c1-23-12-10-21(33)31(23)18-7-5-4-6-16(18)22(34)30(23)13-11-20(32)28-17-14-15(24(25,26)27)8-9-19(17)29(2)3/h4-9,14H,10-13H2,1-3H3,(H,28,32). The van der Waals surface area contributed by atoms with Gasteiger partial charge in [0.05, 0.1) is 28.2 Å². The van der Waals surface area contributed by atoms with Gasteiger partial charge in [-0.05, 0) is 43.7 Å². The summed E-state index contributed by atoms with van der Waals surface area (Å²) in [4.78, 5) is 43.4. The third-order valence-corrected chi connectivity index (χ3v) is 6.39. The van der Waals surface area contributed by atoms with Gasteiger partial charge in [0.15, 0.2) is 0 Å². The molecule has 7 nitrogen and oxygen atoms in total. The van der Waals surface area contributed by atoms with Crippen LogP contribution >= 0.6 is 0 Å². The number of carbonyl (C=O) groups excluding carboxylic acids is 3. The second-order valence-electron chi connectivity index (χ2n) is 8.84. The molecule has 1 fully saturated rings. The van der Waals surface area contributed by atoms with Crippen LogP contribution in [0.25, 0.3) is 0 Å². The van der Waals surface area contributed by atoms with Gasteiger partial charge in [0, 0.05) is 33.5 Å². The maximum absolute atomic E-state index is 13.3. The Kier molecular flexibility index (Phi) is 5.79. The summed E-state index contributed by atoms with van der Waals surface area (Å²) in [5, 5.41) is 2.56. The second-order valence-corrected chi connectivity index (χ2v) is 8.84. The summed E-state index contributed by atoms with van der Waals surface area (Å²) in [6, 6.07) is 10.00. The highest BCUT2D eigenvalue weighted by Gasteiger charge is 2.52. The molecule has 3 amide bonds. The Labute approximate surface area is 195 Å². The number of benzene rings is 2. The monoisotopic (exact) mass is 474 g/mol. The Bertz CT molecular complexity index is 1160. The maximum Gasteiger partial charge on any atom is 0.416 e. The van der Waals surface area contributed by atoms with Crippen LogP contribution in [0.5, 0.6) is 0 Å². The quantitative estimate of drug-likeness (QED) is 0.708. The van der Waals surface area contributed by atoms with E-state index in [1.165, 1.54) is 11.0 Å². The van der Waals surface area contributed by atoms with Crippen LogP contribution in [0, 0.1) is 0 Å². The molecule has 2 aromatic carbocycles. The first-order valence-corrected chi connectivity index (χ1v) is 10.9. The number of anilines is 3. The van der Waals surface area contributed by atoms with E-state index in [0.29, 0.717) is 23.4 Å². The highest BCUT2D eigenvalue weighted by molar-refractivity contribution is 6.10. The number of nitrogens with one attached hydrogen (secondary N) is 1. The minimum Gasteiger partial charge on any atom is -0.376 e. The van der Waals surface area contributed by atoms with E-state index in [4.69, 9.17) is 0 Å². The van der Waals surface area contributed by atoms with Crippen molar-refractivity contribution in [3.63, 3.8) is 0 Å². The fraction of sp³-hybridized carbons (Fsp3) is 0.375. The van der Waals surface area contributed by atoms with Crippen molar-refractivity contribution in [2.45, 2.75) is 38.0 Å². The van der Waals surface area contributed by atoms with Crippen molar-refractivity contribution in [3.8, 4) is 0 Å². The molecule has 2 heterocycles. The molecule has 2 aromatic rings. The molecule has 180 valence electrons. The minimum absolute atomic E-state index is 0.00946. The van der Waals surface area contributed by atoms with Crippen LogP contribution in [0.1, 0.15) is 42.1 Å². The van der Waals surface area contributed by atoms with Crippen LogP contribution in [0.2, 0.25) is 0 Å². The summed E-state index contributed by atoms with van der Waals surface area (Å²) in [6.07, 6.45) is -4.00. The molecule has 0 bridgehead atoms. The predicted molar refractivity (Wildman–Crippen MR) is 122 cm³/mol. The topological polar surface area (TPSA) is 73.0 Å². The number of carbonyl (C=O) groups is 3. The minimum atomic E-state index is -4.55. The van der Waals surface area contributed by atoms with Gasteiger partial charge < -0.3 is 15.1 Å². The van der Waals surface area contributed by atoms with Crippen molar-refractivity contribution in [3.05, 3.63) is 53.6 Å². The summed E-state index contributed by atoms with van der Waals surface area (Å²) in [6.45, 7) is 1.80. The Morgan fingerprint density at radius 1 is 1.15 bits per heavy atom. The first-order valence-electron chi connectivity index (χ1n) is 10.9. The number of amides is 3. The van der Waals surface area contributed by atoms with E-state index >= 15 is 0 Å². The maximum atomic E-state index is 13.3. The first-order chi connectivity index (χ1) is 15.9. The fourth-order valence-corrected chi connectivity index (χ4v) is 4.67. The average molecular weight is 474 g/mol. The molecule has 0 aliphatic carbocycles. The summed E-state index contributed by atoms with van der Waals surface area (Å²) in [7, 11) is 3.32. The number of fused-ring (bicyclic) bond motifs is 3. The van der Waals surface area contributed by atoms with Crippen molar-refractivity contribution in [1.82, 2.24) is 4.90 Å². The van der Waals surface area contributed by atoms with E-state index in [1.54, 1.807) is 55.1 Å². The number of halogens is 3. The molecular weight excluding hydrogens is 449 g/mol. The van der Waals surface area contributed by atoms with Gasteiger partial charge in [-0.2, -0.15) is 13.2 Å². The lowest BCUT2D eigenvalue weighted by Gasteiger charge is -2.48. The van der Waals surface area contributed by atoms with Gasteiger partial charge in [0.25, 0.3) is 5.91 Å². The van der Waals surface area contributed by atoms with E-state index in [1.807, 2.05) is 0 Å². The van der Waals surface area contributed by atoms with Crippen molar-refractivity contribution >= 4 is 34.8 Å². The molecule has 1 unspecified atom stereocenters. The van der Waals surface area contributed by atoms with Gasteiger partial charge in [-0.1, -0.05) is 12.1 Å². The zero-order chi connectivity index (χ0) is 24.8. The largest absolute Gasteiger partial charge is 0.416 e.